The molecule has 1 aliphatic rings. The number of aromatic amines is 1. The number of para-hydroxylation sites is 1. The number of ether oxygens (including phenoxy) is 1. The van der Waals surface area contributed by atoms with E-state index in [0.717, 1.165) is 25.3 Å². The van der Waals surface area contributed by atoms with E-state index in [1.165, 1.54) is 16.7 Å². The highest BCUT2D eigenvalue weighted by molar-refractivity contribution is 5.79. The first-order valence-corrected chi connectivity index (χ1v) is 6.87. The minimum atomic E-state index is -4.49. The molecule has 0 bridgehead atoms. The fourth-order valence-corrected chi connectivity index (χ4v) is 2.75. The van der Waals surface area contributed by atoms with Gasteiger partial charge in [-0.2, -0.15) is 13.2 Å². The fraction of sp³-hybridized carbons (Fsp3) is 0.500. The molecule has 7 heteroatoms. The molecule has 3 rings (SSSR count). The standard InChI is InChI=1S/C14H15F3N2O2/c15-14(16,17)10-5-3-6-11-12(10)18-13(20)19(11)8-9-4-1-2-7-21-9/h3,5-6,9H,1-2,4,7-8H2,(H,18,20). The van der Waals surface area contributed by atoms with Gasteiger partial charge in [0.05, 0.1) is 29.2 Å². The molecular formula is C14H15F3N2O2. The van der Waals surface area contributed by atoms with Gasteiger partial charge in [0.2, 0.25) is 0 Å². The zero-order chi connectivity index (χ0) is 15.0. The van der Waals surface area contributed by atoms with Crippen molar-refractivity contribution in [2.24, 2.45) is 0 Å². The van der Waals surface area contributed by atoms with Crippen molar-refractivity contribution in [3.8, 4) is 0 Å². The topological polar surface area (TPSA) is 47.0 Å². The van der Waals surface area contributed by atoms with Gasteiger partial charge >= 0.3 is 11.9 Å². The van der Waals surface area contributed by atoms with Crippen molar-refractivity contribution < 1.29 is 17.9 Å². The van der Waals surface area contributed by atoms with E-state index in [9.17, 15) is 18.0 Å². The van der Waals surface area contributed by atoms with Crippen LogP contribution in [0.1, 0.15) is 24.8 Å². The van der Waals surface area contributed by atoms with Gasteiger partial charge in [-0.05, 0) is 31.4 Å². The highest BCUT2D eigenvalue weighted by atomic mass is 19.4. The van der Waals surface area contributed by atoms with Gasteiger partial charge in [-0.3, -0.25) is 4.57 Å². The zero-order valence-corrected chi connectivity index (χ0v) is 11.2. The Morgan fingerprint density at radius 3 is 2.81 bits per heavy atom. The third-order valence-corrected chi connectivity index (χ3v) is 3.78. The molecule has 1 fully saturated rings. The summed E-state index contributed by atoms with van der Waals surface area (Å²) in [5.41, 5.74) is -1.24. The molecule has 2 aromatic rings. The van der Waals surface area contributed by atoms with E-state index in [2.05, 4.69) is 4.98 Å². The van der Waals surface area contributed by atoms with E-state index in [4.69, 9.17) is 4.74 Å². The summed E-state index contributed by atoms with van der Waals surface area (Å²) in [6.45, 7) is 0.912. The van der Waals surface area contributed by atoms with E-state index < -0.39 is 17.4 Å². The van der Waals surface area contributed by atoms with Crippen LogP contribution in [0.4, 0.5) is 13.2 Å². The molecule has 4 nitrogen and oxygen atoms in total. The van der Waals surface area contributed by atoms with Gasteiger partial charge in [-0.25, -0.2) is 4.79 Å². The molecule has 1 saturated heterocycles. The quantitative estimate of drug-likeness (QED) is 0.927. The molecule has 1 aromatic heterocycles. The largest absolute Gasteiger partial charge is 0.418 e. The highest BCUT2D eigenvalue weighted by Crippen LogP contribution is 2.33. The number of rotatable bonds is 2. The summed E-state index contributed by atoms with van der Waals surface area (Å²) in [6.07, 6.45) is -1.80. The number of hydrogen-bond donors (Lipinski definition) is 1. The Hall–Kier alpha value is -1.76. The summed E-state index contributed by atoms with van der Waals surface area (Å²) < 4.78 is 45.8. The van der Waals surface area contributed by atoms with Crippen LogP contribution in [-0.2, 0) is 17.5 Å². The Morgan fingerprint density at radius 1 is 1.33 bits per heavy atom. The van der Waals surface area contributed by atoms with Crippen molar-refractivity contribution >= 4 is 11.0 Å². The minimum absolute atomic E-state index is 0.120. The highest BCUT2D eigenvalue weighted by Gasteiger charge is 2.34. The van der Waals surface area contributed by atoms with Gasteiger partial charge in [0.1, 0.15) is 0 Å². The normalized spacial score (nSPS) is 20.0. The second-order valence-electron chi connectivity index (χ2n) is 5.23. The smallest absolute Gasteiger partial charge is 0.376 e. The Bertz CT molecular complexity index is 696. The van der Waals surface area contributed by atoms with Crippen molar-refractivity contribution in [3.05, 3.63) is 34.2 Å². The first-order valence-electron chi connectivity index (χ1n) is 6.87. The number of aromatic nitrogens is 2. The Labute approximate surface area is 118 Å². The lowest BCUT2D eigenvalue weighted by Gasteiger charge is -2.22. The summed E-state index contributed by atoms with van der Waals surface area (Å²) in [4.78, 5) is 14.3. The first kappa shape index (κ1) is 14.2. The summed E-state index contributed by atoms with van der Waals surface area (Å²) in [7, 11) is 0. The summed E-state index contributed by atoms with van der Waals surface area (Å²) in [5.74, 6) is 0. The number of benzene rings is 1. The van der Waals surface area contributed by atoms with Crippen LogP contribution in [0.15, 0.2) is 23.0 Å². The molecule has 1 unspecified atom stereocenters. The van der Waals surface area contributed by atoms with E-state index in [1.54, 1.807) is 0 Å². The second-order valence-corrected chi connectivity index (χ2v) is 5.23. The summed E-state index contributed by atoms with van der Waals surface area (Å²) in [5, 5.41) is 0. The molecule has 114 valence electrons. The molecule has 1 aliphatic heterocycles. The first-order chi connectivity index (χ1) is 9.97. The van der Waals surface area contributed by atoms with Gasteiger partial charge < -0.3 is 9.72 Å². The number of alkyl halides is 3. The Kier molecular flexibility index (Phi) is 3.52. The van der Waals surface area contributed by atoms with Gasteiger partial charge in [0.25, 0.3) is 0 Å². The Balaban J connectivity index is 2.03. The molecule has 0 saturated carbocycles. The number of hydrogen-bond acceptors (Lipinski definition) is 2. The van der Waals surface area contributed by atoms with Gasteiger partial charge in [-0.15, -0.1) is 0 Å². The van der Waals surface area contributed by atoms with Crippen molar-refractivity contribution in [1.82, 2.24) is 9.55 Å². The molecule has 0 spiro atoms. The maximum atomic E-state index is 13.0. The molecule has 1 aromatic carbocycles. The molecule has 1 atom stereocenters. The number of halogens is 3. The van der Waals surface area contributed by atoms with Crippen LogP contribution in [0.3, 0.4) is 0 Å². The van der Waals surface area contributed by atoms with Crippen molar-refractivity contribution in [2.75, 3.05) is 6.61 Å². The average molecular weight is 300 g/mol. The number of nitrogens with one attached hydrogen (secondary N) is 1. The van der Waals surface area contributed by atoms with Gasteiger partial charge in [0, 0.05) is 6.61 Å². The second kappa shape index (κ2) is 5.22. The maximum Gasteiger partial charge on any atom is 0.418 e. The van der Waals surface area contributed by atoms with Gasteiger partial charge in [0.15, 0.2) is 0 Å². The zero-order valence-electron chi connectivity index (χ0n) is 11.2. The van der Waals surface area contributed by atoms with Crippen molar-refractivity contribution in [2.45, 2.75) is 38.1 Å². The predicted octanol–water partition coefficient (Wildman–Crippen LogP) is 2.92. The SMILES string of the molecule is O=c1[nH]c2c(C(F)(F)F)cccc2n1CC1CCCCO1. The van der Waals surface area contributed by atoms with E-state index >= 15 is 0 Å². The average Bonchev–Trinajstić information content (AvgIpc) is 2.75. The van der Waals surface area contributed by atoms with Crippen LogP contribution in [0.5, 0.6) is 0 Å². The van der Waals surface area contributed by atoms with E-state index in [0.29, 0.717) is 6.61 Å². The van der Waals surface area contributed by atoms with Crippen LogP contribution < -0.4 is 5.69 Å². The van der Waals surface area contributed by atoms with Crippen molar-refractivity contribution in [1.29, 1.82) is 0 Å². The van der Waals surface area contributed by atoms with Crippen LogP contribution in [0.2, 0.25) is 0 Å². The number of H-pyrrole nitrogens is 1. The van der Waals surface area contributed by atoms with Crippen LogP contribution in [0.25, 0.3) is 11.0 Å². The third-order valence-electron chi connectivity index (χ3n) is 3.78. The number of imidazole rings is 1. The van der Waals surface area contributed by atoms with Crippen molar-refractivity contribution in [3.63, 3.8) is 0 Å². The van der Waals surface area contributed by atoms with Gasteiger partial charge in [-0.1, -0.05) is 6.07 Å². The number of nitrogens with zero attached hydrogens (tertiary/aromatic N) is 1. The third kappa shape index (κ3) is 2.70. The minimum Gasteiger partial charge on any atom is -0.376 e. The molecule has 1 N–H and O–H groups in total. The predicted molar refractivity (Wildman–Crippen MR) is 71.2 cm³/mol. The molecule has 0 aliphatic carbocycles. The Morgan fingerprint density at radius 2 is 2.14 bits per heavy atom. The lowest BCUT2D eigenvalue weighted by molar-refractivity contribution is -0.136. The lowest BCUT2D eigenvalue weighted by Crippen LogP contribution is -2.29. The summed E-state index contributed by atoms with van der Waals surface area (Å²) in [6, 6.07) is 3.81. The number of fused-ring (bicyclic) bond motifs is 1. The molecular weight excluding hydrogens is 285 g/mol. The molecule has 21 heavy (non-hydrogen) atoms. The molecule has 2 heterocycles. The molecule has 0 amide bonds. The molecule has 0 radical (unpaired) electrons. The summed E-state index contributed by atoms with van der Waals surface area (Å²) >= 11 is 0. The fourth-order valence-electron chi connectivity index (χ4n) is 2.75. The lowest BCUT2D eigenvalue weighted by atomic mass is 10.1. The van der Waals surface area contributed by atoms with Crippen LogP contribution >= 0.6 is 0 Å². The van der Waals surface area contributed by atoms with E-state index in [-0.39, 0.29) is 23.7 Å². The van der Waals surface area contributed by atoms with Crippen LogP contribution in [0, 0.1) is 0 Å². The van der Waals surface area contributed by atoms with E-state index in [1.807, 2.05) is 0 Å². The van der Waals surface area contributed by atoms with Crippen LogP contribution in [-0.4, -0.2) is 22.3 Å². The maximum absolute atomic E-state index is 13.0. The monoisotopic (exact) mass is 300 g/mol.